The van der Waals surface area contributed by atoms with Gasteiger partial charge in [0.2, 0.25) is 0 Å². The third-order valence-corrected chi connectivity index (χ3v) is 2.98. The number of hydrogen-bond acceptors (Lipinski definition) is 2. The first-order valence-electron chi connectivity index (χ1n) is 6.27. The van der Waals surface area contributed by atoms with Gasteiger partial charge < -0.3 is 14.9 Å². The van der Waals surface area contributed by atoms with Crippen molar-refractivity contribution in [3.8, 4) is 12.3 Å². The van der Waals surface area contributed by atoms with Crippen molar-refractivity contribution >= 4 is 12.0 Å². The highest BCUT2D eigenvalue weighted by atomic mass is 16.4. The smallest absolute Gasteiger partial charge is 0.320 e. The first-order chi connectivity index (χ1) is 8.58. The highest BCUT2D eigenvalue weighted by Gasteiger charge is 2.28. The van der Waals surface area contributed by atoms with Gasteiger partial charge in [-0.3, -0.25) is 4.79 Å². The number of nitrogens with zero attached hydrogens (tertiary/aromatic N) is 2. The fourth-order valence-corrected chi connectivity index (χ4v) is 1.75. The minimum atomic E-state index is -0.896. The Kier molecular flexibility index (Phi) is 5.50. The summed E-state index contributed by atoms with van der Waals surface area (Å²) in [5, 5.41) is 8.65. The van der Waals surface area contributed by atoms with Gasteiger partial charge in [0, 0.05) is 19.6 Å². The lowest BCUT2D eigenvalue weighted by Gasteiger charge is -2.28. The second kappa shape index (κ2) is 6.90. The maximum atomic E-state index is 12.2. The Morgan fingerprint density at radius 3 is 2.50 bits per heavy atom. The number of amides is 2. The SMILES string of the molecule is C#CCN(CC1CC1)C(=O)N(CC)CCC(=O)O. The predicted octanol–water partition coefficient (Wildman–Crippen LogP) is 1.25. The molecule has 0 saturated heterocycles. The molecule has 5 heteroatoms. The van der Waals surface area contributed by atoms with Crippen molar-refractivity contribution in [1.82, 2.24) is 9.80 Å². The number of carbonyl (C=O) groups is 2. The Balaban J connectivity index is 2.53. The van der Waals surface area contributed by atoms with Crippen molar-refractivity contribution in [3.63, 3.8) is 0 Å². The molecule has 0 aromatic heterocycles. The Hall–Kier alpha value is -1.70. The van der Waals surface area contributed by atoms with E-state index in [2.05, 4.69) is 5.92 Å². The molecule has 0 atom stereocenters. The fourth-order valence-electron chi connectivity index (χ4n) is 1.75. The molecule has 2 amide bonds. The molecule has 1 saturated carbocycles. The molecule has 0 bridgehead atoms. The van der Waals surface area contributed by atoms with Crippen LogP contribution >= 0.6 is 0 Å². The van der Waals surface area contributed by atoms with Crippen LogP contribution in [0.25, 0.3) is 0 Å². The van der Waals surface area contributed by atoms with Crippen molar-refractivity contribution in [1.29, 1.82) is 0 Å². The molecule has 0 aromatic rings. The highest BCUT2D eigenvalue weighted by molar-refractivity contribution is 5.75. The standard InChI is InChI=1S/C13H20N2O3/c1-3-8-15(10-11-5-6-11)13(18)14(4-2)9-7-12(16)17/h1,11H,4-10H2,2H3,(H,16,17). The minimum Gasteiger partial charge on any atom is -0.481 e. The van der Waals surface area contributed by atoms with Crippen molar-refractivity contribution in [3.05, 3.63) is 0 Å². The maximum Gasteiger partial charge on any atom is 0.320 e. The normalized spacial score (nSPS) is 13.8. The number of hydrogen-bond donors (Lipinski definition) is 1. The lowest BCUT2D eigenvalue weighted by atomic mass is 10.3. The summed E-state index contributed by atoms with van der Waals surface area (Å²) in [6.45, 7) is 3.55. The van der Waals surface area contributed by atoms with Crippen LogP contribution in [0.2, 0.25) is 0 Å². The van der Waals surface area contributed by atoms with E-state index in [9.17, 15) is 9.59 Å². The molecule has 0 unspecified atom stereocenters. The van der Waals surface area contributed by atoms with E-state index in [4.69, 9.17) is 11.5 Å². The van der Waals surface area contributed by atoms with E-state index in [1.165, 1.54) is 4.90 Å². The molecule has 5 nitrogen and oxygen atoms in total. The van der Waals surface area contributed by atoms with E-state index in [1.54, 1.807) is 4.90 Å². The number of aliphatic carboxylic acids is 1. The van der Waals surface area contributed by atoms with E-state index < -0.39 is 5.97 Å². The summed E-state index contributed by atoms with van der Waals surface area (Å²) in [5.41, 5.74) is 0. The van der Waals surface area contributed by atoms with Gasteiger partial charge in [-0.05, 0) is 25.7 Å². The quantitative estimate of drug-likeness (QED) is 0.694. The topological polar surface area (TPSA) is 60.9 Å². The molecular weight excluding hydrogens is 232 g/mol. The molecule has 1 N–H and O–H groups in total. The molecule has 0 spiro atoms. The second-order valence-electron chi connectivity index (χ2n) is 4.53. The highest BCUT2D eigenvalue weighted by Crippen LogP contribution is 2.29. The molecule has 0 aliphatic heterocycles. The van der Waals surface area contributed by atoms with E-state index in [0.717, 1.165) is 12.8 Å². The molecule has 1 rings (SSSR count). The van der Waals surface area contributed by atoms with Gasteiger partial charge >= 0.3 is 12.0 Å². The Labute approximate surface area is 108 Å². The van der Waals surface area contributed by atoms with Gasteiger partial charge in [0.05, 0.1) is 13.0 Å². The van der Waals surface area contributed by atoms with Crippen LogP contribution in [0.1, 0.15) is 26.2 Å². The Morgan fingerprint density at radius 2 is 2.06 bits per heavy atom. The molecule has 0 heterocycles. The summed E-state index contributed by atoms with van der Waals surface area (Å²) in [6.07, 6.45) is 7.53. The molecule has 1 aliphatic carbocycles. The van der Waals surface area contributed by atoms with E-state index in [0.29, 0.717) is 25.6 Å². The number of urea groups is 1. The largest absolute Gasteiger partial charge is 0.481 e. The first-order valence-corrected chi connectivity index (χ1v) is 6.27. The van der Waals surface area contributed by atoms with Crippen LogP contribution in [-0.2, 0) is 4.79 Å². The monoisotopic (exact) mass is 252 g/mol. The van der Waals surface area contributed by atoms with Crippen LogP contribution in [0.4, 0.5) is 4.79 Å². The molecule has 1 aliphatic rings. The van der Waals surface area contributed by atoms with Gasteiger partial charge in [-0.25, -0.2) is 4.79 Å². The van der Waals surface area contributed by atoms with Gasteiger partial charge in [-0.2, -0.15) is 0 Å². The summed E-state index contributed by atoms with van der Waals surface area (Å²) in [6, 6.07) is -0.149. The molecule has 18 heavy (non-hydrogen) atoms. The average molecular weight is 252 g/mol. The first kappa shape index (κ1) is 14.4. The molecular formula is C13H20N2O3. The van der Waals surface area contributed by atoms with Crippen LogP contribution in [0.15, 0.2) is 0 Å². The van der Waals surface area contributed by atoms with Gasteiger partial charge in [0.25, 0.3) is 0 Å². The number of terminal acetylenes is 1. The fraction of sp³-hybridized carbons (Fsp3) is 0.692. The zero-order valence-corrected chi connectivity index (χ0v) is 10.8. The lowest BCUT2D eigenvalue weighted by molar-refractivity contribution is -0.137. The van der Waals surface area contributed by atoms with Crippen molar-refractivity contribution in [2.45, 2.75) is 26.2 Å². The minimum absolute atomic E-state index is 0.0348. The van der Waals surface area contributed by atoms with Gasteiger partial charge in [-0.15, -0.1) is 6.42 Å². The summed E-state index contributed by atoms with van der Waals surface area (Å²) >= 11 is 0. The van der Waals surface area contributed by atoms with Crippen LogP contribution in [-0.4, -0.2) is 53.1 Å². The number of carboxylic acid groups (broad SMARTS) is 1. The summed E-state index contributed by atoms with van der Waals surface area (Å²) in [5.74, 6) is 2.16. The molecule has 0 radical (unpaired) electrons. The molecule has 1 fully saturated rings. The summed E-state index contributed by atoms with van der Waals surface area (Å²) in [4.78, 5) is 25.9. The molecule has 100 valence electrons. The van der Waals surface area contributed by atoms with Crippen LogP contribution in [0, 0.1) is 18.3 Å². The number of carboxylic acids is 1. The van der Waals surface area contributed by atoms with Gasteiger partial charge in [0.1, 0.15) is 0 Å². The lowest BCUT2D eigenvalue weighted by Crippen LogP contribution is -2.45. The van der Waals surface area contributed by atoms with Crippen LogP contribution in [0.5, 0.6) is 0 Å². The zero-order valence-electron chi connectivity index (χ0n) is 10.8. The zero-order chi connectivity index (χ0) is 13.5. The Morgan fingerprint density at radius 1 is 1.39 bits per heavy atom. The average Bonchev–Trinajstić information content (AvgIpc) is 3.12. The van der Waals surface area contributed by atoms with Crippen molar-refractivity contribution < 1.29 is 14.7 Å². The van der Waals surface area contributed by atoms with Crippen LogP contribution < -0.4 is 0 Å². The number of carbonyl (C=O) groups excluding carboxylic acids is 1. The second-order valence-corrected chi connectivity index (χ2v) is 4.53. The third-order valence-electron chi connectivity index (χ3n) is 2.98. The summed E-state index contributed by atoms with van der Waals surface area (Å²) < 4.78 is 0. The van der Waals surface area contributed by atoms with Gasteiger partial charge in [0.15, 0.2) is 0 Å². The van der Waals surface area contributed by atoms with E-state index in [1.807, 2.05) is 6.92 Å². The maximum absolute atomic E-state index is 12.2. The predicted molar refractivity (Wildman–Crippen MR) is 68.0 cm³/mol. The number of rotatable bonds is 7. The third kappa shape index (κ3) is 4.66. The van der Waals surface area contributed by atoms with Crippen LogP contribution in [0.3, 0.4) is 0 Å². The van der Waals surface area contributed by atoms with E-state index >= 15 is 0 Å². The van der Waals surface area contributed by atoms with Crippen molar-refractivity contribution in [2.75, 3.05) is 26.2 Å². The Bertz CT molecular complexity index is 345. The van der Waals surface area contributed by atoms with Crippen molar-refractivity contribution in [2.24, 2.45) is 5.92 Å². The van der Waals surface area contributed by atoms with E-state index in [-0.39, 0.29) is 19.0 Å². The van der Waals surface area contributed by atoms with Gasteiger partial charge in [-0.1, -0.05) is 5.92 Å². The molecule has 0 aromatic carbocycles. The summed E-state index contributed by atoms with van der Waals surface area (Å²) in [7, 11) is 0.